The number of benzene rings is 1. The summed E-state index contributed by atoms with van der Waals surface area (Å²) < 4.78 is 4.97. The fraction of sp³-hybridized carbons (Fsp3) is 0.278. The summed E-state index contributed by atoms with van der Waals surface area (Å²) in [6.45, 7) is 0.191. The van der Waals surface area contributed by atoms with Crippen molar-refractivity contribution in [2.45, 2.75) is 5.92 Å². The molecule has 0 aliphatic carbocycles. The van der Waals surface area contributed by atoms with Crippen LogP contribution >= 0.6 is 0 Å². The van der Waals surface area contributed by atoms with E-state index in [0.717, 1.165) is 5.56 Å². The quantitative estimate of drug-likeness (QED) is 0.842. The zero-order valence-corrected chi connectivity index (χ0v) is 14.5. The number of anilines is 1. The molecular weight excluding hydrogens is 320 g/mol. The summed E-state index contributed by atoms with van der Waals surface area (Å²) in [6, 6.07) is 12.3. The predicted octanol–water partition coefficient (Wildman–Crippen LogP) is 2.08. The fourth-order valence-electron chi connectivity index (χ4n) is 2.29. The summed E-state index contributed by atoms with van der Waals surface area (Å²) in [6.07, 6.45) is 1.50. The summed E-state index contributed by atoms with van der Waals surface area (Å²) >= 11 is 0. The highest BCUT2D eigenvalue weighted by Gasteiger charge is 2.22. The first-order chi connectivity index (χ1) is 12.0. The lowest BCUT2D eigenvalue weighted by Crippen LogP contribution is -2.38. The number of likely N-dealkylation sites (N-methyl/N-ethyl adjacent to an activating group) is 1. The Morgan fingerprint density at radius 3 is 2.44 bits per heavy atom. The van der Waals surface area contributed by atoms with Crippen LogP contribution in [0.25, 0.3) is 0 Å². The highest BCUT2D eigenvalue weighted by Crippen LogP contribution is 2.17. The second-order valence-electron chi connectivity index (χ2n) is 5.62. The van der Waals surface area contributed by atoms with Gasteiger partial charge in [0, 0.05) is 26.7 Å². The van der Waals surface area contributed by atoms with Gasteiger partial charge in [-0.3, -0.25) is 4.79 Å². The molecule has 1 atom stereocenters. The maximum atomic E-state index is 12.4. The number of hydrogen-bond acceptors (Lipinski definition) is 4. The highest BCUT2D eigenvalue weighted by atomic mass is 16.5. The van der Waals surface area contributed by atoms with E-state index in [-0.39, 0.29) is 12.5 Å². The van der Waals surface area contributed by atoms with Gasteiger partial charge in [0.1, 0.15) is 0 Å². The molecule has 0 aliphatic rings. The van der Waals surface area contributed by atoms with Crippen LogP contribution in [0.5, 0.6) is 5.88 Å². The number of urea groups is 1. The summed E-state index contributed by atoms with van der Waals surface area (Å²) in [7, 11) is 4.91. The molecular formula is C18H22N4O3. The molecule has 0 fully saturated rings. The molecule has 0 saturated carbocycles. The third-order valence-electron chi connectivity index (χ3n) is 3.61. The molecule has 2 aromatic rings. The molecule has 0 bridgehead atoms. The van der Waals surface area contributed by atoms with Crippen molar-refractivity contribution in [1.82, 2.24) is 15.2 Å². The standard InChI is InChI=1S/C18H22N4O3/c1-22(2)17(23)15(13-7-5-4-6-8-13)12-20-18(24)21-14-9-10-16(25-3)19-11-14/h4-11,15H,12H2,1-3H3,(H2,20,21,24). The van der Waals surface area contributed by atoms with Crippen molar-refractivity contribution in [3.8, 4) is 5.88 Å². The number of pyridine rings is 1. The summed E-state index contributed by atoms with van der Waals surface area (Å²) in [5.41, 5.74) is 1.39. The second kappa shape index (κ2) is 8.68. The van der Waals surface area contributed by atoms with E-state index in [1.54, 1.807) is 26.2 Å². The lowest BCUT2D eigenvalue weighted by Gasteiger charge is -2.21. The Morgan fingerprint density at radius 1 is 1.16 bits per heavy atom. The van der Waals surface area contributed by atoms with Crippen molar-refractivity contribution >= 4 is 17.6 Å². The van der Waals surface area contributed by atoms with Gasteiger partial charge in [0.15, 0.2) is 0 Å². The second-order valence-corrected chi connectivity index (χ2v) is 5.62. The lowest BCUT2D eigenvalue weighted by atomic mass is 9.98. The van der Waals surface area contributed by atoms with Crippen molar-refractivity contribution < 1.29 is 14.3 Å². The van der Waals surface area contributed by atoms with Crippen molar-refractivity contribution in [2.75, 3.05) is 33.1 Å². The topological polar surface area (TPSA) is 83.6 Å². The molecule has 0 saturated heterocycles. The van der Waals surface area contributed by atoms with Crippen molar-refractivity contribution in [1.29, 1.82) is 0 Å². The molecule has 1 aromatic carbocycles. The van der Waals surface area contributed by atoms with Crippen LogP contribution in [-0.4, -0.2) is 49.6 Å². The molecule has 3 amide bonds. The minimum atomic E-state index is -0.448. The first-order valence-electron chi connectivity index (χ1n) is 7.82. The van der Waals surface area contributed by atoms with Crippen molar-refractivity contribution in [3.05, 3.63) is 54.2 Å². The van der Waals surface area contributed by atoms with E-state index in [1.165, 1.54) is 18.2 Å². The van der Waals surface area contributed by atoms with Gasteiger partial charge in [-0.1, -0.05) is 30.3 Å². The Balaban J connectivity index is 1.99. The number of ether oxygens (including phenoxy) is 1. The average Bonchev–Trinajstić information content (AvgIpc) is 2.63. The normalized spacial score (nSPS) is 11.3. The van der Waals surface area contributed by atoms with Crippen LogP contribution in [-0.2, 0) is 4.79 Å². The third kappa shape index (κ3) is 5.20. The summed E-state index contributed by atoms with van der Waals surface area (Å²) in [5, 5.41) is 5.41. The summed E-state index contributed by atoms with van der Waals surface area (Å²) in [5.74, 6) is -0.0553. The molecule has 1 unspecified atom stereocenters. The van der Waals surface area contributed by atoms with E-state index in [4.69, 9.17) is 4.74 Å². The van der Waals surface area contributed by atoms with Gasteiger partial charge < -0.3 is 20.3 Å². The van der Waals surface area contributed by atoms with Gasteiger partial charge in [-0.05, 0) is 11.6 Å². The van der Waals surface area contributed by atoms with Crippen LogP contribution in [0.4, 0.5) is 10.5 Å². The van der Waals surface area contributed by atoms with Crippen LogP contribution in [0.2, 0.25) is 0 Å². The Labute approximate surface area is 147 Å². The maximum absolute atomic E-state index is 12.4. The summed E-state index contributed by atoms with van der Waals surface area (Å²) in [4.78, 5) is 30.0. The maximum Gasteiger partial charge on any atom is 0.319 e. The van der Waals surface area contributed by atoms with Gasteiger partial charge in [0.2, 0.25) is 11.8 Å². The van der Waals surface area contributed by atoms with E-state index in [1.807, 2.05) is 30.3 Å². The first-order valence-corrected chi connectivity index (χ1v) is 7.82. The van der Waals surface area contributed by atoms with Gasteiger partial charge in [-0.25, -0.2) is 9.78 Å². The number of nitrogens with one attached hydrogen (secondary N) is 2. The van der Waals surface area contributed by atoms with Crippen LogP contribution in [0, 0.1) is 0 Å². The number of hydrogen-bond donors (Lipinski definition) is 2. The van der Waals surface area contributed by atoms with Crippen LogP contribution in [0.1, 0.15) is 11.5 Å². The van der Waals surface area contributed by atoms with E-state index in [2.05, 4.69) is 15.6 Å². The smallest absolute Gasteiger partial charge is 0.319 e. The van der Waals surface area contributed by atoms with Gasteiger partial charge in [-0.2, -0.15) is 0 Å². The third-order valence-corrected chi connectivity index (χ3v) is 3.61. The molecule has 132 valence electrons. The zero-order chi connectivity index (χ0) is 18.2. The minimum Gasteiger partial charge on any atom is -0.481 e. The SMILES string of the molecule is COc1ccc(NC(=O)NCC(C(=O)N(C)C)c2ccccc2)cn1. The average molecular weight is 342 g/mol. The molecule has 1 heterocycles. The van der Waals surface area contributed by atoms with Crippen LogP contribution < -0.4 is 15.4 Å². The number of carbonyl (C=O) groups is 2. The lowest BCUT2D eigenvalue weighted by molar-refractivity contribution is -0.130. The molecule has 0 radical (unpaired) electrons. The molecule has 7 nitrogen and oxygen atoms in total. The van der Waals surface area contributed by atoms with Gasteiger partial charge in [0.25, 0.3) is 0 Å². The van der Waals surface area contributed by atoms with Gasteiger partial charge in [-0.15, -0.1) is 0 Å². The van der Waals surface area contributed by atoms with Gasteiger partial charge in [0.05, 0.1) is 24.9 Å². The van der Waals surface area contributed by atoms with E-state index >= 15 is 0 Å². The molecule has 7 heteroatoms. The first kappa shape index (κ1) is 18.3. The monoisotopic (exact) mass is 342 g/mol. The fourth-order valence-corrected chi connectivity index (χ4v) is 2.29. The van der Waals surface area contributed by atoms with Gasteiger partial charge >= 0.3 is 6.03 Å². The molecule has 2 rings (SSSR count). The van der Waals surface area contributed by atoms with Crippen LogP contribution in [0.3, 0.4) is 0 Å². The number of rotatable bonds is 6. The van der Waals surface area contributed by atoms with E-state index < -0.39 is 11.9 Å². The Kier molecular flexibility index (Phi) is 6.33. The Hall–Kier alpha value is -3.09. The molecule has 0 spiro atoms. The molecule has 25 heavy (non-hydrogen) atoms. The van der Waals surface area contributed by atoms with Crippen LogP contribution in [0.15, 0.2) is 48.7 Å². The number of nitrogens with zero attached hydrogens (tertiary/aromatic N) is 2. The Morgan fingerprint density at radius 2 is 1.88 bits per heavy atom. The molecule has 1 aromatic heterocycles. The largest absolute Gasteiger partial charge is 0.481 e. The number of aromatic nitrogens is 1. The molecule has 0 aliphatic heterocycles. The van der Waals surface area contributed by atoms with E-state index in [0.29, 0.717) is 11.6 Å². The Bertz CT molecular complexity index is 702. The zero-order valence-electron chi connectivity index (χ0n) is 14.5. The van der Waals surface area contributed by atoms with Crippen molar-refractivity contribution in [3.63, 3.8) is 0 Å². The van der Waals surface area contributed by atoms with E-state index in [9.17, 15) is 9.59 Å². The predicted molar refractivity (Wildman–Crippen MR) is 95.7 cm³/mol. The van der Waals surface area contributed by atoms with Crippen molar-refractivity contribution in [2.24, 2.45) is 0 Å². The number of methoxy groups -OCH3 is 1. The molecule has 2 N–H and O–H groups in total. The number of amides is 3. The highest BCUT2D eigenvalue weighted by molar-refractivity contribution is 5.90. The minimum absolute atomic E-state index is 0.0717. The number of carbonyl (C=O) groups excluding carboxylic acids is 2.